The highest BCUT2D eigenvalue weighted by Crippen LogP contribution is 1.90. The van der Waals surface area contributed by atoms with Gasteiger partial charge in [-0.3, -0.25) is 0 Å². The van der Waals surface area contributed by atoms with Gasteiger partial charge in [0, 0.05) is 12.6 Å². The summed E-state index contributed by atoms with van der Waals surface area (Å²) in [5.74, 6) is 0. The fraction of sp³-hybridized carbons (Fsp3) is 0.818. The molecule has 0 spiro atoms. The smallest absolute Gasteiger partial charge is 0.0160 e. The van der Waals surface area contributed by atoms with Crippen LogP contribution in [0.3, 0.4) is 0 Å². The zero-order chi connectivity index (χ0) is 10.6. The second-order valence-corrected chi connectivity index (χ2v) is 2.32. The lowest BCUT2D eigenvalue weighted by atomic mass is 10.3. The lowest BCUT2D eigenvalue weighted by Crippen LogP contribution is -2.25. The Labute approximate surface area is 79.5 Å². The number of likely N-dealkylation sites (N-methyl/N-ethyl adjacent to an activating group) is 1. The molecule has 0 aliphatic heterocycles. The van der Waals surface area contributed by atoms with Gasteiger partial charge < -0.3 is 4.90 Å². The number of rotatable bonds is 3. The minimum Gasteiger partial charge on any atom is -0.300 e. The van der Waals surface area contributed by atoms with Crippen LogP contribution in [0.25, 0.3) is 0 Å². The van der Waals surface area contributed by atoms with Crippen molar-refractivity contribution in [3.05, 3.63) is 12.7 Å². The number of hydrogen-bond donors (Lipinski definition) is 0. The predicted molar refractivity (Wildman–Crippen MR) is 60.7 cm³/mol. The molecule has 12 heavy (non-hydrogen) atoms. The van der Waals surface area contributed by atoms with Crippen LogP contribution in [0.2, 0.25) is 0 Å². The summed E-state index contributed by atoms with van der Waals surface area (Å²) in [5.41, 5.74) is 0. The van der Waals surface area contributed by atoms with Crippen molar-refractivity contribution in [1.29, 1.82) is 0 Å². The third-order valence-corrected chi connectivity index (χ3v) is 1.30. The monoisotopic (exact) mass is 173 g/mol. The topological polar surface area (TPSA) is 3.24 Å². The summed E-state index contributed by atoms with van der Waals surface area (Å²) in [6.45, 7) is 17.0. The molecule has 0 aliphatic rings. The van der Waals surface area contributed by atoms with E-state index in [-0.39, 0.29) is 0 Å². The summed E-state index contributed by atoms with van der Waals surface area (Å²) in [7, 11) is 2.09. The molecule has 0 unspecified atom stereocenters. The van der Waals surface area contributed by atoms with Crippen LogP contribution in [0.4, 0.5) is 0 Å². The molecule has 0 aromatic carbocycles. The van der Waals surface area contributed by atoms with Gasteiger partial charge in [-0.1, -0.05) is 33.8 Å². The van der Waals surface area contributed by atoms with Crippen molar-refractivity contribution >= 4 is 0 Å². The van der Waals surface area contributed by atoms with Crippen LogP contribution in [0, 0.1) is 0 Å². The zero-order valence-electron chi connectivity index (χ0n) is 10.0. The molecular weight excluding hydrogens is 146 g/mol. The summed E-state index contributed by atoms with van der Waals surface area (Å²) in [6.07, 6.45) is 1.92. The first-order valence-electron chi connectivity index (χ1n) is 4.99. The van der Waals surface area contributed by atoms with Crippen LogP contribution in [-0.4, -0.2) is 24.5 Å². The maximum Gasteiger partial charge on any atom is 0.0160 e. The molecule has 0 bridgehead atoms. The van der Waals surface area contributed by atoms with Crippen LogP contribution >= 0.6 is 0 Å². The molecule has 0 atom stereocenters. The average Bonchev–Trinajstić information content (AvgIpc) is 2.12. The van der Waals surface area contributed by atoms with Crippen molar-refractivity contribution in [2.75, 3.05) is 13.6 Å². The quantitative estimate of drug-likeness (QED) is 0.590. The standard InChI is InChI=1S/C7H15N.2C2H6/c1-5-6-8(4)7(2)3;2*1-2/h5,7H,1,6H2,2-4H3;2*1-2H3. The van der Waals surface area contributed by atoms with Crippen molar-refractivity contribution in [2.24, 2.45) is 0 Å². The Bertz CT molecular complexity index is 67.4. The van der Waals surface area contributed by atoms with E-state index in [1.165, 1.54) is 0 Å². The third kappa shape index (κ3) is 16.4. The molecule has 0 amide bonds. The van der Waals surface area contributed by atoms with E-state index < -0.39 is 0 Å². The second-order valence-electron chi connectivity index (χ2n) is 2.32. The van der Waals surface area contributed by atoms with E-state index >= 15 is 0 Å². The van der Waals surface area contributed by atoms with Gasteiger partial charge >= 0.3 is 0 Å². The van der Waals surface area contributed by atoms with Crippen molar-refractivity contribution in [3.8, 4) is 0 Å². The van der Waals surface area contributed by atoms with Crippen LogP contribution in [0.1, 0.15) is 41.5 Å². The van der Waals surface area contributed by atoms with E-state index in [0.29, 0.717) is 6.04 Å². The molecule has 1 nitrogen and oxygen atoms in total. The van der Waals surface area contributed by atoms with Gasteiger partial charge in [0.1, 0.15) is 0 Å². The first-order chi connectivity index (χ1) is 5.68. The van der Waals surface area contributed by atoms with Gasteiger partial charge in [-0.15, -0.1) is 6.58 Å². The number of nitrogens with zero attached hydrogens (tertiary/aromatic N) is 1. The highest BCUT2D eigenvalue weighted by Gasteiger charge is 1.97. The Balaban J connectivity index is -0.000000175. The van der Waals surface area contributed by atoms with E-state index in [2.05, 4.69) is 32.4 Å². The maximum absolute atomic E-state index is 3.64. The predicted octanol–water partition coefficient (Wildman–Crippen LogP) is 3.57. The summed E-state index contributed by atoms with van der Waals surface area (Å²) < 4.78 is 0. The summed E-state index contributed by atoms with van der Waals surface area (Å²) in [5, 5.41) is 0. The van der Waals surface area contributed by atoms with Crippen molar-refractivity contribution < 1.29 is 0 Å². The average molecular weight is 173 g/mol. The first kappa shape index (κ1) is 17.7. The Hall–Kier alpha value is -0.300. The molecule has 0 saturated heterocycles. The molecule has 0 aromatic rings. The van der Waals surface area contributed by atoms with Crippen LogP contribution in [0.5, 0.6) is 0 Å². The molecule has 0 saturated carbocycles. The fourth-order valence-electron chi connectivity index (χ4n) is 0.414. The Morgan fingerprint density at radius 2 is 1.50 bits per heavy atom. The minimum absolute atomic E-state index is 0.632. The molecule has 0 aliphatic carbocycles. The van der Waals surface area contributed by atoms with Crippen LogP contribution in [0.15, 0.2) is 12.7 Å². The van der Waals surface area contributed by atoms with Crippen molar-refractivity contribution in [3.63, 3.8) is 0 Å². The molecule has 0 radical (unpaired) electrons. The van der Waals surface area contributed by atoms with Gasteiger partial charge in [0.05, 0.1) is 0 Å². The Morgan fingerprint density at radius 3 is 1.58 bits per heavy atom. The molecule has 0 N–H and O–H groups in total. The summed E-state index contributed by atoms with van der Waals surface area (Å²) >= 11 is 0. The number of hydrogen-bond acceptors (Lipinski definition) is 1. The molecular formula is C11H27N. The fourth-order valence-corrected chi connectivity index (χ4v) is 0.414. The van der Waals surface area contributed by atoms with Crippen LogP contribution < -0.4 is 0 Å². The Kier molecular flexibility index (Phi) is 25.0. The SMILES string of the molecule is C=CCN(C)C(C)C.CC.CC. The van der Waals surface area contributed by atoms with Gasteiger partial charge in [0.15, 0.2) is 0 Å². The van der Waals surface area contributed by atoms with Crippen LogP contribution in [-0.2, 0) is 0 Å². The van der Waals surface area contributed by atoms with Gasteiger partial charge in [-0.25, -0.2) is 0 Å². The largest absolute Gasteiger partial charge is 0.300 e. The molecule has 0 fully saturated rings. The van der Waals surface area contributed by atoms with Gasteiger partial charge in [0.25, 0.3) is 0 Å². The lowest BCUT2D eigenvalue weighted by Gasteiger charge is -2.17. The van der Waals surface area contributed by atoms with E-state index in [1.807, 2.05) is 33.8 Å². The van der Waals surface area contributed by atoms with E-state index in [4.69, 9.17) is 0 Å². The highest BCUT2D eigenvalue weighted by molar-refractivity contribution is 4.72. The van der Waals surface area contributed by atoms with E-state index in [0.717, 1.165) is 6.54 Å². The van der Waals surface area contributed by atoms with Gasteiger partial charge in [-0.05, 0) is 20.9 Å². The second kappa shape index (κ2) is 17.0. The third-order valence-electron chi connectivity index (χ3n) is 1.30. The summed E-state index contributed by atoms with van der Waals surface area (Å²) in [4.78, 5) is 2.23. The highest BCUT2D eigenvalue weighted by atomic mass is 15.1. The zero-order valence-corrected chi connectivity index (χ0v) is 10.0. The molecule has 1 heteroatoms. The molecule has 76 valence electrons. The van der Waals surface area contributed by atoms with Gasteiger partial charge in [0.2, 0.25) is 0 Å². The van der Waals surface area contributed by atoms with Crippen molar-refractivity contribution in [1.82, 2.24) is 4.90 Å². The maximum atomic E-state index is 3.64. The van der Waals surface area contributed by atoms with E-state index in [9.17, 15) is 0 Å². The first-order valence-corrected chi connectivity index (χ1v) is 4.99. The molecule has 0 heterocycles. The molecule has 0 aromatic heterocycles. The summed E-state index contributed by atoms with van der Waals surface area (Å²) in [6, 6.07) is 0.632. The molecule has 0 rings (SSSR count). The van der Waals surface area contributed by atoms with Crippen molar-refractivity contribution in [2.45, 2.75) is 47.6 Å². The normalized spacial score (nSPS) is 8.08. The van der Waals surface area contributed by atoms with E-state index in [1.54, 1.807) is 0 Å². The minimum atomic E-state index is 0.632. The Morgan fingerprint density at radius 1 is 1.17 bits per heavy atom. The van der Waals surface area contributed by atoms with Gasteiger partial charge in [-0.2, -0.15) is 0 Å². The lowest BCUT2D eigenvalue weighted by molar-refractivity contribution is 0.303.